The molecule has 3 N–H and O–H groups in total. The molecule has 1 aromatic rings. The number of rotatable bonds is 4. The molecule has 1 saturated heterocycles. The first-order chi connectivity index (χ1) is 9.95. The van der Waals surface area contributed by atoms with Crippen molar-refractivity contribution in [2.75, 3.05) is 0 Å². The summed E-state index contributed by atoms with van der Waals surface area (Å²) in [5, 5.41) is 14.5. The SMILES string of the molecule is CC1CC(NC(=O)NCc2cccc(C(=O)O)c2)C(C)O1. The zero-order valence-corrected chi connectivity index (χ0v) is 12.1. The van der Waals surface area contributed by atoms with Crippen molar-refractivity contribution in [1.82, 2.24) is 10.6 Å². The van der Waals surface area contributed by atoms with Gasteiger partial charge in [0.2, 0.25) is 0 Å². The molecule has 3 unspecified atom stereocenters. The number of benzene rings is 1. The number of carboxylic acids is 1. The van der Waals surface area contributed by atoms with Gasteiger partial charge in [-0.25, -0.2) is 9.59 Å². The second-order valence-corrected chi connectivity index (χ2v) is 5.33. The molecule has 0 aliphatic carbocycles. The third-order valence-electron chi connectivity index (χ3n) is 3.54. The predicted molar refractivity (Wildman–Crippen MR) is 77.2 cm³/mol. The fourth-order valence-corrected chi connectivity index (χ4v) is 2.46. The van der Waals surface area contributed by atoms with Gasteiger partial charge in [-0.1, -0.05) is 12.1 Å². The van der Waals surface area contributed by atoms with E-state index in [1.54, 1.807) is 18.2 Å². The van der Waals surface area contributed by atoms with Gasteiger partial charge in [0, 0.05) is 6.54 Å². The molecule has 3 atom stereocenters. The maximum absolute atomic E-state index is 11.8. The van der Waals surface area contributed by atoms with Gasteiger partial charge in [0.15, 0.2) is 0 Å². The molecule has 21 heavy (non-hydrogen) atoms. The molecule has 6 nitrogen and oxygen atoms in total. The van der Waals surface area contributed by atoms with Crippen LogP contribution in [0, 0.1) is 0 Å². The van der Waals surface area contributed by atoms with Crippen molar-refractivity contribution in [2.45, 2.75) is 45.1 Å². The van der Waals surface area contributed by atoms with Crippen molar-refractivity contribution < 1.29 is 19.4 Å². The van der Waals surface area contributed by atoms with Crippen LogP contribution in [0.3, 0.4) is 0 Å². The topological polar surface area (TPSA) is 87.7 Å². The summed E-state index contributed by atoms with van der Waals surface area (Å²) in [6.45, 7) is 4.20. The normalized spacial score (nSPS) is 24.6. The van der Waals surface area contributed by atoms with Crippen LogP contribution in [-0.4, -0.2) is 35.4 Å². The minimum Gasteiger partial charge on any atom is -0.478 e. The van der Waals surface area contributed by atoms with Gasteiger partial charge in [0.1, 0.15) is 0 Å². The Bertz CT molecular complexity index is 532. The summed E-state index contributed by atoms with van der Waals surface area (Å²) >= 11 is 0. The Balaban J connectivity index is 1.84. The quantitative estimate of drug-likeness (QED) is 0.789. The number of carboxylic acid groups (broad SMARTS) is 1. The lowest BCUT2D eigenvalue weighted by Gasteiger charge is -2.16. The zero-order valence-electron chi connectivity index (χ0n) is 12.1. The van der Waals surface area contributed by atoms with Gasteiger partial charge in [0.25, 0.3) is 0 Å². The highest BCUT2D eigenvalue weighted by Crippen LogP contribution is 2.19. The zero-order chi connectivity index (χ0) is 15.4. The van der Waals surface area contributed by atoms with E-state index in [0.29, 0.717) is 0 Å². The van der Waals surface area contributed by atoms with E-state index in [1.807, 2.05) is 13.8 Å². The highest BCUT2D eigenvalue weighted by Gasteiger charge is 2.30. The Hall–Kier alpha value is -2.08. The third kappa shape index (κ3) is 4.19. The van der Waals surface area contributed by atoms with Gasteiger partial charge in [-0.15, -0.1) is 0 Å². The molecule has 2 rings (SSSR count). The summed E-state index contributed by atoms with van der Waals surface area (Å²) in [4.78, 5) is 22.7. The Kier molecular flexibility index (Phi) is 4.80. The van der Waals surface area contributed by atoms with E-state index in [9.17, 15) is 9.59 Å². The van der Waals surface area contributed by atoms with E-state index in [-0.39, 0.29) is 36.4 Å². The maximum atomic E-state index is 11.8. The molecule has 1 aliphatic rings. The van der Waals surface area contributed by atoms with Crippen LogP contribution in [0.4, 0.5) is 4.79 Å². The van der Waals surface area contributed by atoms with Crippen LogP contribution in [0.1, 0.15) is 36.2 Å². The first-order valence-corrected chi connectivity index (χ1v) is 6.97. The summed E-state index contributed by atoms with van der Waals surface area (Å²) in [5.41, 5.74) is 0.954. The number of carbonyl (C=O) groups is 2. The predicted octanol–water partition coefficient (Wildman–Crippen LogP) is 1.75. The van der Waals surface area contributed by atoms with Gasteiger partial charge in [-0.3, -0.25) is 0 Å². The molecule has 114 valence electrons. The van der Waals surface area contributed by atoms with Crippen molar-refractivity contribution in [1.29, 1.82) is 0 Å². The second-order valence-electron chi connectivity index (χ2n) is 5.33. The lowest BCUT2D eigenvalue weighted by atomic mass is 10.1. The third-order valence-corrected chi connectivity index (χ3v) is 3.54. The van der Waals surface area contributed by atoms with Crippen LogP contribution in [0.5, 0.6) is 0 Å². The standard InChI is InChI=1S/C15H20N2O4/c1-9-6-13(10(2)21-9)17-15(20)16-8-11-4-3-5-12(7-11)14(18)19/h3-5,7,9-10,13H,6,8H2,1-2H3,(H,18,19)(H2,16,17,20). The molecule has 0 radical (unpaired) electrons. The number of urea groups is 1. The fourth-order valence-electron chi connectivity index (χ4n) is 2.46. The first kappa shape index (κ1) is 15.3. The first-order valence-electron chi connectivity index (χ1n) is 6.97. The summed E-state index contributed by atoms with van der Waals surface area (Å²) in [6.07, 6.45) is 0.946. The number of aromatic carboxylic acids is 1. The molecule has 0 spiro atoms. The smallest absolute Gasteiger partial charge is 0.335 e. The van der Waals surface area contributed by atoms with Gasteiger partial charge in [0.05, 0.1) is 23.8 Å². The lowest BCUT2D eigenvalue weighted by molar-refractivity contribution is 0.0613. The van der Waals surface area contributed by atoms with Crippen LogP contribution in [0.25, 0.3) is 0 Å². The largest absolute Gasteiger partial charge is 0.478 e. The van der Waals surface area contributed by atoms with Gasteiger partial charge >= 0.3 is 12.0 Å². The Morgan fingerprint density at radius 2 is 2.14 bits per heavy atom. The summed E-state index contributed by atoms with van der Waals surface area (Å²) in [6, 6.07) is 6.23. The van der Waals surface area contributed by atoms with Crippen molar-refractivity contribution in [3.63, 3.8) is 0 Å². The maximum Gasteiger partial charge on any atom is 0.335 e. The van der Waals surface area contributed by atoms with Crippen molar-refractivity contribution >= 4 is 12.0 Å². The molecule has 1 aliphatic heterocycles. The molecule has 2 amide bonds. The molecule has 1 aromatic carbocycles. The summed E-state index contributed by atoms with van der Waals surface area (Å²) in [7, 11) is 0. The minimum absolute atomic E-state index is 0.00101. The van der Waals surface area contributed by atoms with Crippen LogP contribution in [0.15, 0.2) is 24.3 Å². The van der Waals surface area contributed by atoms with E-state index in [2.05, 4.69) is 10.6 Å². The average Bonchev–Trinajstić information content (AvgIpc) is 2.75. The number of carbonyl (C=O) groups excluding carboxylic acids is 1. The van der Waals surface area contributed by atoms with Gasteiger partial charge < -0.3 is 20.5 Å². The van der Waals surface area contributed by atoms with Crippen LogP contribution in [-0.2, 0) is 11.3 Å². The highest BCUT2D eigenvalue weighted by molar-refractivity contribution is 5.87. The number of nitrogens with one attached hydrogen (secondary N) is 2. The number of amides is 2. The fraction of sp³-hybridized carbons (Fsp3) is 0.467. The molecule has 0 saturated carbocycles. The summed E-state index contributed by atoms with van der Waals surface area (Å²) in [5.74, 6) is -0.979. The van der Waals surface area contributed by atoms with Crippen LogP contribution >= 0.6 is 0 Å². The van der Waals surface area contributed by atoms with Gasteiger partial charge in [-0.05, 0) is 38.0 Å². The minimum atomic E-state index is -0.979. The molecule has 6 heteroatoms. The highest BCUT2D eigenvalue weighted by atomic mass is 16.5. The summed E-state index contributed by atoms with van der Waals surface area (Å²) < 4.78 is 5.57. The van der Waals surface area contributed by atoms with Crippen LogP contribution < -0.4 is 10.6 Å². The van der Waals surface area contributed by atoms with E-state index < -0.39 is 5.97 Å². The number of hydrogen-bond acceptors (Lipinski definition) is 3. The molecule has 0 bridgehead atoms. The molecule has 1 fully saturated rings. The molecule has 0 aromatic heterocycles. The van der Waals surface area contributed by atoms with Crippen molar-refractivity contribution in [2.24, 2.45) is 0 Å². The Morgan fingerprint density at radius 1 is 1.38 bits per heavy atom. The number of hydrogen-bond donors (Lipinski definition) is 3. The Morgan fingerprint density at radius 3 is 2.76 bits per heavy atom. The van der Waals surface area contributed by atoms with Crippen LogP contribution in [0.2, 0.25) is 0 Å². The Labute approximate surface area is 123 Å². The van der Waals surface area contributed by atoms with E-state index in [0.717, 1.165) is 12.0 Å². The molecular weight excluding hydrogens is 272 g/mol. The van der Waals surface area contributed by atoms with Crippen molar-refractivity contribution in [3.8, 4) is 0 Å². The van der Waals surface area contributed by atoms with E-state index in [4.69, 9.17) is 9.84 Å². The molecular formula is C15H20N2O4. The average molecular weight is 292 g/mol. The monoisotopic (exact) mass is 292 g/mol. The number of ether oxygens (including phenoxy) is 1. The van der Waals surface area contributed by atoms with Gasteiger partial charge in [-0.2, -0.15) is 0 Å². The van der Waals surface area contributed by atoms with Crippen molar-refractivity contribution in [3.05, 3.63) is 35.4 Å². The van der Waals surface area contributed by atoms with E-state index in [1.165, 1.54) is 6.07 Å². The van der Waals surface area contributed by atoms with E-state index >= 15 is 0 Å². The second kappa shape index (κ2) is 6.58. The molecule has 1 heterocycles. The lowest BCUT2D eigenvalue weighted by Crippen LogP contribution is -2.44.